The zero-order valence-corrected chi connectivity index (χ0v) is 11.5. The van der Waals surface area contributed by atoms with Crippen molar-refractivity contribution >= 4 is 11.9 Å². The van der Waals surface area contributed by atoms with Gasteiger partial charge >= 0.3 is 5.97 Å². The molecule has 0 saturated heterocycles. The lowest BCUT2D eigenvalue weighted by molar-refractivity contribution is -0.146. The van der Waals surface area contributed by atoms with Gasteiger partial charge in [-0.3, -0.25) is 4.79 Å². The summed E-state index contributed by atoms with van der Waals surface area (Å²) < 4.78 is 4.64. The van der Waals surface area contributed by atoms with Gasteiger partial charge in [-0.25, -0.2) is 4.79 Å². The number of rotatable bonds is 5. The molecule has 5 heteroatoms. The minimum atomic E-state index is -1.05. The summed E-state index contributed by atoms with van der Waals surface area (Å²) in [5, 5.41) is 2.64. The largest absolute Gasteiger partial charge is 0.467 e. The van der Waals surface area contributed by atoms with Gasteiger partial charge in [-0.1, -0.05) is 12.1 Å². The molecule has 1 aromatic carbocycles. The Kier molecular flexibility index (Phi) is 5.06. The molecule has 0 radical (unpaired) electrons. The average molecular weight is 264 g/mol. The summed E-state index contributed by atoms with van der Waals surface area (Å²) in [4.78, 5) is 23.5. The van der Waals surface area contributed by atoms with Crippen molar-refractivity contribution in [2.75, 3.05) is 13.7 Å². The van der Waals surface area contributed by atoms with Crippen LogP contribution in [0.1, 0.15) is 29.8 Å². The van der Waals surface area contributed by atoms with Crippen LogP contribution in [0.4, 0.5) is 0 Å². The number of amides is 1. The number of nitrogens with one attached hydrogen (secondary N) is 1. The van der Waals surface area contributed by atoms with Crippen molar-refractivity contribution in [3.63, 3.8) is 0 Å². The lowest BCUT2D eigenvalue weighted by Crippen LogP contribution is -2.50. The molecule has 3 N–H and O–H groups in total. The summed E-state index contributed by atoms with van der Waals surface area (Å²) in [6.45, 7) is 3.76. The van der Waals surface area contributed by atoms with Gasteiger partial charge in [-0.2, -0.15) is 0 Å². The van der Waals surface area contributed by atoms with Crippen LogP contribution in [0.2, 0.25) is 0 Å². The predicted octanol–water partition coefficient (Wildman–Crippen LogP) is 0.869. The van der Waals surface area contributed by atoms with E-state index in [1.165, 1.54) is 7.11 Å². The van der Waals surface area contributed by atoms with Crippen LogP contribution < -0.4 is 11.1 Å². The maximum atomic E-state index is 12.0. The Hall–Kier alpha value is -1.88. The molecule has 0 spiro atoms. The van der Waals surface area contributed by atoms with E-state index in [0.29, 0.717) is 12.1 Å². The monoisotopic (exact) mass is 264 g/mol. The summed E-state index contributed by atoms with van der Waals surface area (Å²) >= 11 is 0. The van der Waals surface area contributed by atoms with Crippen LogP contribution in [-0.4, -0.2) is 31.1 Å². The molecule has 0 fully saturated rings. The van der Waals surface area contributed by atoms with Crippen molar-refractivity contribution in [3.8, 4) is 0 Å². The molecule has 104 valence electrons. The third kappa shape index (κ3) is 4.06. The second-order valence-electron chi connectivity index (χ2n) is 4.81. The molecular weight excluding hydrogens is 244 g/mol. The first kappa shape index (κ1) is 15.2. The maximum Gasteiger partial charge on any atom is 0.330 e. The van der Waals surface area contributed by atoms with E-state index in [1.54, 1.807) is 26.0 Å². The highest BCUT2D eigenvalue weighted by Crippen LogP contribution is 2.09. The molecule has 1 aromatic rings. The molecule has 5 nitrogen and oxygen atoms in total. The Morgan fingerprint density at radius 3 is 2.32 bits per heavy atom. The van der Waals surface area contributed by atoms with Crippen LogP contribution >= 0.6 is 0 Å². The number of methoxy groups -OCH3 is 1. The van der Waals surface area contributed by atoms with Gasteiger partial charge < -0.3 is 15.8 Å². The van der Waals surface area contributed by atoms with Gasteiger partial charge in [-0.05, 0) is 44.5 Å². The first-order chi connectivity index (χ1) is 8.90. The number of carbonyl (C=O) groups excluding carboxylic acids is 2. The third-order valence-corrected chi connectivity index (χ3v) is 2.77. The lowest BCUT2D eigenvalue weighted by Gasteiger charge is -2.23. The van der Waals surface area contributed by atoms with Gasteiger partial charge in [0.2, 0.25) is 0 Å². The number of nitrogens with two attached hydrogens (primary N) is 1. The van der Waals surface area contributed by atoms with E-state index in [2.05, 4.69) is 10.1 Å². The zero-order chi connectivity index (χ0) is 14.5. The minimum Gasteiger partial charge on any atom is -0.467 e. The molecule has 19 heavy (non-hydrogen) atoms. The second kappa shape index (κ2) is 6.33. The molecule has 0 aliphatic carbocycles. The van der Waals surface area contributed by atoms with E-state index in [4.69, 9.17) is 5.73 Å². The van der Waals surface area contributed by atoms with Gasteiger partial charge in [0.1, 0.15) is 5.54 Å². The van der Waals surface area contributed by atoms with E-state index >= 15 is 0 Å². The van der Waals surface area contributed by atoms with Crippen molar-refractivity contribution < 1.29 is 14.3 Å². The summed E-state index contributed by atoms with van der Waals surface area (Å²) in [6, 6.07) is 7.14. The van der Waals surface area contributed by atoms with E-state index < -0.39 is 11.5 Å². The van der Waals surface area contributed by atoms with E-state index in [0.717, 1.165) is 12.0 Å². The first-order valence-corrected chi connectivity index (χ1v) is 6.10. The zero-order valence-electron chi connectivity index (χ0n) is 11.5. The standard InChI is InChI=1S/C14H20N2O3/c1-14(2,13(18)19-3)16-12(17)11-6-4-10(5-7-11)8-9-15/h4-7H,8-9,15H2,1-3H3,(H,16,17). The molecule has 0 aromatic heterocycles. The Balaban J connectivity index is 2.75. The maximum absolute atomic E-state index is 12.0. The highest BCUT2D eigenvalue weighted by atomic mass is 16.5. The highest BCUT2D eigenvalue weighted by molar-refractivity contribution is 5.97. The van der Waals surface area contributed by atoms with Crippen LogP contribution in [0.3, 0.4) is 0 Å². The van der Waals surface area contributed by atoms with Crippen LogP contribution in [0.5, 0.6) is 0 Å². The van der Waals surface area contributed by atoms with Crippen molar-refractivity contribution in [2.24, 2.45) is 5.73 Å². The van der Waals surface area contributed by atoms with E-state index in [9.17, 15) is 9.59 Å². The Morgan fingerprint density at radius 1 is 1.26 bits per heavy atom. The van der Waals surface area contributed by atoms with Gasteiger partial charge in [0.25, 0.3) is 5.91 Å². The van der Waals surface area contributed by atoms with E-state index in [1.807, 2.05) is 12.1 Å². The lowest BCUT2D eigenvalue weighted by atomic mass is 10.0. The van der Waals surface area contributed by atoms with Crippen LogP contribution in [0.15, 0.2) is 24.3 Å². The molecule has 1 amide bonds. The van der Waals surface area contributed by atoms with E-state index in [-0.39, 0.29) is 5.91 Å². The molecule has 0 aliphatic rings. The van der Waals surface area contributed by atoms with Gasteiger partial charge in [0.05, 0.1) is 7.11 Å². The van der Waals surface area contributed by atoms with Gasteiger partial charge in [-0.15, -0.1) is 0 Å². The van der Waals surface area contributed by atoms with Gasteiger partial charge in [0, 0.05) is 5.56 Å². The number of hydrogen-bond donors (Lipinski definition) is 2. The summed E-state index contributed by atoms with van der Waals surface area (Å²) in [6.07, 6.45) is 0.773. The smallest absolute Gasteiger partial charge is 0.330 e. The van der Waals surface area contributed by atoms with Gasteiger partial charge in [0.15, 0.2) is 0 Å². The Bertz CT molecular complexity index is 452. The predicted molar refractivity (Wildman–Crippen MR) is 72.8 cm³/mol. The Labute approximate surface area is 113 Å². The van der Waals surface area contributed by atoms with Crippen molar-refractivity contribution in [3.05, 3.63) is 35.4 Å². The SMILES string of the molecule is COC(=O)C(C)(C)NC(=O)c1ccc(CCN)cc1. The number of hydrogen-bond acceptors (Lipinski definition) is 4. The fourth-order valence-corrected chi connectivity index (χ4v) is 1.65. The number of ether oxygens (including phenoxy) is 1. The van der Waals surface area contributed by atoms with Crippen LogP contribution in [0.25, 0.3) is 0 Å². The van der Waals surface area contributed by atoms with Crippen molar-refractivity contribution in [1.29, 1.82) is 0 Å². The second-order valence-corrected chi connectivity index (χ2v) is 4.81. The fourth-order valence-electron chi connectivity index (χ4n) is 1.65. The normalized spacial score (nSPS) is 10.9. The number of benzene rings is 1. The molecule has 0 unspecified atom stereocenters. The number of esters is 1. The number of carbonyl (C=O) groups is 2. The third-order valence-electron chi connectivity index (χ3n) is 2.77. The van der Waals surface area contributed by atoms with Crippen molar-refractivity contribution in [1.82, 2.24) is 5.32 Å². The molecule has 0 heterocycles. The highest BCUT2D eigenvalue weighted by Gasteiger charge is 2.30. The molecule has 0 atom stereocenters. The summed E-state index contributed by atoms with van der Waals surface area (Å²) in [7, 11) is 1.29. The van der Waals surface area contributed by atoms with Crippen molar-refractivity contribution in [2.45, 2.75) is 25.8 Å². The fraction of sp³-hybridized carbons (Fsp3) is 0.429. The average Bonchev–Trinajstić information content (AvgIpc) is 2.38. The molecule has 0 saturated carbocycles. The first-order valence-electron chi connectivity index (χ1n) is 6.10. The molecular formula is C14H20N2O3. The summed E-state index contributed by atoms with van der Waals surface area (Å²) in [5.41, 5.74) is 5.98. The Morgan fingerprint density at radius 2 is 1.84 bits per heavy atom. The quantitative estimate of drug-likeness (QED) is 0.773. The topological polar surface area (TPSA) is 81.4 Å². The van der Waals surface area contributed by atoms with Crippen LogP contribution in [-0.2, 0) is 16.0 Å². The molecule has 0 bridgehead atoms. The van der Waals surface area contributed by atoms with Crippen LogP contribution in [0, 0.1) is 0 Å². The molecule has 1 rings (SSSR count). The minimum absolute atomic E-state index is 0.310. The summed E-state index contributed by atoms with van der Waals surface area (Å²) in [5.74, 6) is -0.796. The molecule has 0 aliphatic heterocycles.